The number of pyridine rings is 1. The Morgan fingerprint density at radius 2 is 1.70 bits per heavy atom. The van der Waals surface area contributed by atoms with Gasteiger partial charge < -0.3 is 26.2 Å². The van der Waals surface area contributed by atoms with Crippen molar-refractivity contribution >= 4 is 29.1 Å². The van der Waals surface area contributed by atoms with Crippen molar-refractivity contribution in [1.82, 2.24) is 15.2 Å². The normalized spacial score (nSPS) is 22.2. The molecule has 1 aliphatic heterocycles. The summed E-state index contributed by atoms with van der Waals surface area (Å²) in [5, 5.41) is 6.15. The second kappa shape index (κ2) is 11.3. The number of nitrogens with one attached hydrogen (secondary N) is 2. The van der Waals surface area contributed by atoms with Crippen molar-refractivity contribution in [3.63, 3.8) is 0 Å². The van der Waals surface area contributed by atoms with E-state index in [1.54, 1.807) is 24.4 Å². The lowest BCUT2D eigenvalue weighted by Gasteiger charge is -2.28. The molecule has 3 aliphatic rings. The zero-order valence-corrected chi connectivity index (χ0v) is 21.2. The van der Waals surface area contributed by atoms with Crippen molar-refractivity contribution in [1.29, 1.82) is 0 Å². The highest BCUT2D eigenvalue weighted by Crippen LogP contribution is 2.33. The lowest BCUT2D eigenvalue weighted by atomic mass is 9.91. The van der Waals surface area contributed by atoms with Crippen LogP contribution in [0.5, 0.6) is 0 Å². The molecule has 0 unspecified atom stereocenters. The van der Waals surface area contributed by atoms with Crippen LogP contribution in [0.3, 0.4) is 0 Å². The molecule has 2 aromatic rings. The quantitative estimate of drug-likeness (QED) is 0.556. The summed E-state index contributed by atoms with van der Waals surface area (Å²) in [6, 6.07) is 9.23. The van der Waals surface area contributed by atoms with Gasteiger partial charge in [0.15, 0.2) is 0 Å². The molecule has 1 saturated heterocycles. The molecule has 2 saturated carbocycles. The van der Waals surface area contributed by atoms with Crippen LogP contribution in [0.2, 0.25) is 0 Å². The topological polar surface area (TPSA) is 121 Å². The van der Waals surface area contributed by atoms with Gasteiger partial charge in [-0.15, -0.1) is 0 Å². The molecule has 1 aromatic carbocycles. The van der Waals surface area contributed by atoms with Gasteiger partial charge in [-0.2, -0.15) is 0 Å². The molecule has 4 N–H and O–H groups in total. The number of anilines is 2. The number of amides is 3. The van der Waals surface area contributed by atoms with Crippen LogP contribution in [0.25, 0.3) is 0 Å². The molecule has 3 amide bonds. The molecular weight excluding hydrogens is 468 g/mol. The zero-order valence-electron chi connectivity index (χ0n) is 21.2. The number of hydrogen-bond donors (Lipinski definition) is 3. The summed E-state index contributed by atoms with van der Waals surface area (Å²) in [6.07, 6.45) is 9.56. The van der Waals surface area contributed by atoms with E-state index in [0.29, 0.717) is 29.9 Å². The van der Waals surface area contributed by atoms with Crippen molar-refractivity contribution in [2.75, 3.05) is 36.4 Å². The molecule has 37 heavy (non-hydrogen) atoms. The highest BCUT2D eigenvalue weighted by atomic mass is 16.2. The highest BCUT2D eigenvalue weighted by molar-refractivity contribution is 6.07. The summed E-state index contributed by atoms with van der Waals surface area (Å²) >= 11 is 0. The van der Waals surface area contributed by atoms with Gasteiger partial charge in [0, 0.05) is 62.1 Å². The molecule has 0 atom stereocenters. The third-order valence-corrected chi connectivity index (χ3v) is 7.61. The maximum atomic E-state index is 13.1. The van der Waals surface area contributed by atoms with Gasteiger partial charge in [-0.25, -0.2) is 0 Å². The van der Waals surface area contributed by atoms with E-state index < -0.39 is 0 Å². The Balaban J connectivity index is 1.35. The standard InChI is InChI=1S/C28H36N6O3/c29-22-7-9-23(10-8-22)31-26(35)20-6-11-25(24(17-20)32-27(36)21-3-1-12-30-18-21)33-13-2-14-34(16-15-33)28(37)19-4-5-19/h1,3,6,11-12,17-19,22-23H,2,4-5,7-10,13-16,29H2,(H,31,35)(H,32,36). The van der Waals surface area contributed by atoms with E-state index in [1.165, 1.54) is 6.20 Å². The fourth-order valence-corrected chi connectivity index (χ4v) is 5.24. The third-order valence-electron chi connectivity index (χ3n) is 7.61. The molecule has 2 aliphatic carbocycles. The number of nitrogens with zero attached hydrogens (tertiary/aromatic N) is 3. The molecule has 9 nitrogen and oxygen atoms in total. The van der Waals surface area contributed by atoms with Crippen LogP contribution < -0.4 is 21.3 Å². The minimum absolute atomic E-state index is 0.112. The molecule has 5 rings (SSSR count). The summed E-state index contributed by atoms with van der Waals surface area (Å²) in [5.41, 5.74) is 8.38. The first-order chi connectivity index (χ1) is 18.0. The molecule has 0 radical (unpaired) electrons. The second-order valence-electron chi connectivity index (χ2n) is 10.5. The Hall–Kier alpha value is -3.46. The Bertz CT molecular complexity index is 1130. The third kappa shape index (κ3) is 6.28. The zero-order chi connectivity index (χ0) is 25.8. The monoisotopic (exact) mass is 504 g/mol. The van der Waals surface area contributed by atoms with Gasteiger partial charge >= 0.3 is 0 Å². The Kier molecular flexibility index (Phi) is 7.69. The summed E-state index contributed by atoms with van der Waals surface area (Å²) in [4.78, 5) is 47.0. The van der Waals surface area contributed by atoms with E-state index in [-0.39, 0.29) is 35.7 Å². The van der Waals surface area contributed by atoms with E-state index in [0.717, 1.165) is 63.7 Å². The summed E-state index contributed by atoms with van der Waals surface area (Å²) in [5.74, 6) is 0.0377. The summed E-state index contributed by atoms with van der Waals surface area (Å²) in [6.45, 7) is 2.83. The van der Waals surface area contributed by atoms with Crippen molar-refractivity contribution in [2.24, 2.45) is 11.7 Å². The largest absolute Gasteiger partial charge is 0.368 e. The molecule has 9 heteroatoms. The van der Waals surface area contributed by atoms with Crippen molar-refractivity contribution in [2.45, 2.75) is 57.0 Å². The van der Waals surface area contributed by atoms with Crippen molar-refractivity contribution in [3.05, 3.63) is 53.9 Å². The predicted molar refractivity (Wildman–Crippen MR) is 142 cm³/mol. The molecule has 2 heterocycles. The van der Waals surface area contributed by atoms with Gasteiger partial charge in [0.1, 0.15) is 0 Å². The fourth-order valence-electron chi connectivity index (χ4n) is 5.24. The van der Waals surface area contributed by atoms with Crippen LogP contribution in [-0.2, 0) is 4.79 Å². The molecule has 0 bridgehead atoms. The number of carbonyl (C=O) groups excluding carboxylic acids is 3. The fraction of sp³-hybridized carbons (Fsp3) is 0.500. The Morgan fingerprint density at radius 1 is 0.892 bits per heavy atom. The Morgan fingerprint density at radius 3 is 2.43 bits per heavy atom. The van der Waals surface area contributed by atoms with Gasteiger partial charge in [-0.3, -0.25) is 19.4 Å². The van der Waals surface area contributed by atoms with Crippen LogP contribution in [-0.4, -0.2) is 65.9 Å². The lowest BCUT2D eigenvalue weighted by Crippen LogP contribution is -2.40. The predicted octanol–water partition coefficient (Wildman–Crippen LogP) is 2.78. The minimum atomic E-state index is -0.284. The van der Waals surface area contributed by atoms with Gasteiger partial charge in [-0.1, -0.05) is 0 Å². The van der Waals surface area contributed by atoms with Gasteiger partial charge in [-0.05, 0) is 75.3 Å². The van der Waals surface area contributed by atoms with Crippen LogP contribution in [0.1, 0.15) is 65.7 Å². The Labute approximate surface area is 217 Å². The first-order valence-electron chi connectivity index (χ1n) is 13.4. The SMILES string of the molecule is NC1CCC(NC(=O)c2ccc(N3CCCN(C(=O)C4CC4)CC3)c(NC(=O)c3cccnc3)c2)CC1. The minimum Gasteiger partial charge on any atom is -0.368 e. The smallest absolute Gasteiger partial charge is 0.257 e. The van der Waals surface area contributed by atoms with Crippen LogP contribution in [0.4, 0.5) is 11.4 Å². The average Bonchev–Trinajstić information content (AvgIpc) is 3.78. The van der Waals surface area contributed by atoms with E-state index >= 15 is 0 Å². The number of carbonyl (C=O) groups is 3. The average molecular weight is 505 g/mol. The van der Waals surface area contributed by atoms with Crippen molar-refractivity contribution < 1.29 is 14.4 Å². The number of nitrogens with two attached hydrogens (primary N) is 1. The first kappa shape index (κ1) is 25.2. The molecular formula is C28H36N6O3. The van der Waals surface area contributed by atoms with Gasteiger partial charge in [0.05, 0.1) is 16.9 Å². The van der Waals surface area contributed by atoms with E-state index in [2.05, 4.69) is 20.5 Å². The van der Waals surface area contributed by atoms with Crippen LogP contribution in [0.15, 0.2) is 42.7 Å². The second-order valence-corrected chi connectivity index (χ2v) is 10.5. The molecule has 196 valence electrons. The maximum Gasteiger partial charge on any atom is 0.257 e. The summed E-state index contributed by atoms with van der Waals surface area (Å²) in [7, 11) is 0. The number of rotatable bonds is 6. The highest BCUT2D eigenvalue weighted by Gasteiger charge is 2.34. The number of benzene rings is 1. The molecule has 1 aromatic heterocycles. The van der Waals surface area contributed by atoms with Crippen molar-refractivity contribution in [3.8, 4) is 0 Å². The van der Waals surface area contributed by atoms with E-state index in [1.807, 2.05) is 17.0 Å². The summed E-state index contributed by atoms with van der Waals surface area (Å²) < 4.78 is 0. The van der Waals surface area contributed by atoms with E-state index in [9.17, 15) is 14.4 Å². The molecule has 0 spiro atoms. The number of aromatic nitrogens is 1. The van der Waals surface area contributed by atoms with Gasteiger partial charge in [0.2, 0.25) is 5.91 Å². The van der Waals surface area contributed by atoms with E-state index in [4.69, 9.17) is 5.73 Å². The van der Waals surface area contributed by atoms with Crippen LogP contribution in [0, 0.1) is 5.92 Å². The molecule has 3 fully saturated rings. The van der Waals surface area contributed by atoms with Crippen LogP contribution >= 0.6 is 0 Å². The van der Waals surface area contributed by atoms with Gasteiger partial charge in [0.25, 0.3) is 11.8 Å². The number of hydrogen-bond acceptors (Lipinski definition) is 6. The maximum absolute atomic E-state index is 13.1. The lowest BCUT2D eigenvalue weighted by molar-refractivity contribution is -0.132. The first-order valence-corrected chi connectivity index (χ1v) is 13.4.